The van der Waals surface area contributed by atoms with Gasteiger partial charge >= 0.3 is 6.18 Å². The molecule has 3 aromatic carbocycles. The van der Waals surface area contributed by atoms with Gasteiger partial charge in [0.25, 0.3) is 5.91 Å². The molecule has 1 amide bonds. The highest BCUT2D eigenvalue weighted by atomic mass is 32.2. The lowest BCUT2D eigenvalue weighted by Gasteiger charge is -2.42. The van der Waals surface area contributed by atoms with E-state index in [1.807, 2.05) is 30.3 Å². The van der Waals surface area contributed by atoms with Crippen molar-refractivity contribution >= 4 is 15.9 Å². The van der Waals surface area contributed by atoms with Crippen molar-refractivity contribution in [3.8, 4) is 5.75 Å². The van der Waals surface area contributed by atoms with Gasteiger partial charge in [-0.2, -0.15) is 13.2 Å². The maximum absolute atomic E-state index is 13.1. The van der Waals surface area contributed by atoms with Gasteiger partial charge in [-0.3, -0.25) is 4.79 Å². The lowest BCUT2D eigenvalue weighted by Crippen LogP contribution is -2.53. The summed E-state index contributed by atoms with van der Waals surface area (Å²) in [5.74, 6) is -0.131. The van der Waals surface area contributed by atoms with Crippen LogP contribution in [0.3, 0.4) is 0 Å². The summed E-state index contributed by atoms with van der Waals surface area (Å²) >= 11 is 0. The number of rotatable bonds is 7. The van der Waals surface area contributed by atoms with E-state index in [-0.39, 0.29) is 16.9 Å². The Bertz CT molecular complexity index is 1410. The minimum Gasteiger partial charge on any atom is -0.485 e. The standard InChI is InChI=1S/C27H27F3N2O5S/c1-26(2)24(33)23(32-38(35,36)20-11-9-19(10-12-20)27(28,29)30)21-16-18(8-13-22(21)37-26)25(34)31-15-14-17-6-4-3-5-7-17/h3-13,16,23-24,32-33H,14-15H2,1-2H3,(H,31,34)/t23-,24+/m1/s1. The molecule has 1 aliphatic heterocycles. The summed E-state index contributed by atoms with van der Waals surface area (Å²) in [7, 11) is -4.36. The van der Waals surface area contributed by atoms with Crippen molar-refractivity contribution in [3.63, 3.8) is 0 Å². The molecule has 1 heterocycles. The zero-order valence-electron chi connectivity index (χ0n) is 20.6. The summed E-state index contributed by atoms with van der Waals surface area (Å²) in [4.78, 5) is 12.4. The number of nitrogens with one attached hydrogen (secondary N) is 2. The van der Waals surface area contributed by atoms with Crippen molar-refractivity contribution in [3.05, 3.63) is 95.1 Å². The highest BCUT2D eigenvalue weighted by Crippen LogP contribution is 2.41. The zero-order chi connectivity index (χ0) is 27.7. The summed E-state index contributed by atoms with van der Waals surface area (Å²) in [5, 5.41) is 13.8. The van der Waals surface area contributed by atoms with Gasteiger partial charge in [-0.15, -0.1) is 0 Å². The van der Waals surface area contributed by atoms with Gasteiger partial charge in [-0.05, 0) is 68.3 Å². The van der Waals surface area contributed by atoms with E-state index in [0.29, 0.717) is 25.1 Å². The Morgan fingerprint density at radius 1 is 1.03 bits per heavy atom. The number of fused-ring (bicyclic) bond motifs is 1. The summed E-state index contributed by atoms with van der Waals surface area (Å²) in [5.41, 5.74) is -0.694. The average molecular weight is 549 g/mol. The number of halogens is 3. The number of alkyl halides is 3. The molecular weight excluding hydrogens is 521 g/mol. The van der Waals surface area contributed by atoms with E-state index >= 15 is 0 Å². The Balaban J connectivity index is 1.58. The van der Waals surface area contributed by atoms with E-state index in [1.54, 1.807) is 13.8 Å². The molecule has 38 heavy (non-hydrogen) atoms. The van der Waals surface area contributed by atoms with E-state index in [4.69, 9.17) is 4.74 Å². The Morgan fingerprint density at radius 3 is 2.32 bits per heavy atom. The lowest BCUT2D eigenvalue weighted by molar-refractivity contribution is -0.137. The molecule has 3 aromatic rings. The number of carbonyl (C=O) groups excluding carboxylic acids is 1. The molecule has 7 nitrogen and oxygen atoms in total. The van der Waals surface area contributed by atoms with Gasteiger partial charge in [0.15, 0.2) is 0 Å². The van der Waals surface area contributed by atoms with E-state index in [2.05, 4.69) is 10.0 Å². The molecule has 0 radical (unpaired) electrons. The van der Waals surface area contributed by atoms with Gasteiger partial charge in [0.1, 0.15) is 17.5 Å². The smallest absolute Gasteiger partial charge is 0.416 e. The van der Waals surface area contributed by atoms with E-state index in [1.165, 1.54) is 18.2 Å². The summed E-state index contributed by atoms with van der Waals surface area (Å²) in [6.45, 7) is 3.52. The summed E-state index contributed by atoms with van der Waals surface area (Å²) in [6, 6.07) is 15.9. The molecule has 0 spiro atoms. The highest BCUT2D eigenvalue weighted by Gasteiger charge is 2.45. The molecular formula is C27H27F3N2O5S. The Morgan fingerprint density at radius 2 is 1.68 bits per heavy atom. The molecule has 3 N–H and O–H groups in total. The third-order valence-corrected chi connectivity index (χ3v) is 7.78. The minimum absolute atomic E-state index is 0.225. The second-order valence-electron chi connectivity index (χ2n) is 9.52. The maximum atomic E-state index is 13.1. The van der Waals surface area contributed by atoms with Crippen molar-refractivity contribution in [2.75, 3.05) is 6.54 Å². The molecule has 0 aromatic heterocycles. The van der Waals surface area contributed by atoms with Crippen molar-refractivity contribution in [2.24, 2.45) is 0 Å². The first-order valence-corrected chi connectivity index (χ1v) is 13.3. The monoisotopic (exact) mass is 548 g/mol. The number of benzene rings is 3. The fraction of sp³-hybridized carbons (Fsp3) is 0.296. The molecule has 4 rings (SSSR count). The normalized spacial score (nSPS) is 18.8. The number of aliphatic hydroxyl groups excluding tert-OH is 1. The number of amides is 1. The Labute approximate surface area is 218 Å². The fourth-order valence-corrected chi connectivity index (χ4v) is 5.41. The molecule has 0 bridgehead atoms. The molecule has 0 unspecified atom stereocenters. The molecule has 11 heteroatoms. The van der Waals surface area contributed by atoms with Gasteiger partial charge in [-0.1, -0.05) is 30.3 Å². The van der Waals surface area contributed by atoms with Crippen LogP contribution in [0.1, 0.15) is 46.9 Å². The van der Waals surface area contributed by atoms with Crippen LogP contribution >= 0.6 is 0 Å². The second kappa shape index (κ2) is 10.4. The van der Waals surface area contributed by atoms with Crippen LogP contribution in [0.15, 0.2) is 77.7 Å². The number of hydrogen-bond acceptors (Lipinski definition) is 5. The molecule has 0 saturated heterocycles. The average Bonchev–Trinajstić information content (AvgIpc) is 2.86. The Hall–Kier alpha value is -3.41. The number of carbonyl (C=O) groups is 1. The van der Waals surface area contributed by atoms with E-state index in [0.717, 1.165) is 17.7 Å². The van der Waals surface area contributed by atoms with Crippen molar-refractivity contribution < 1.29 is 36.2 Å². The predicted octanol–water partition coefficient (Wildman–Crippen LogP) is 4.23. The SMILES string of the molecule is CC1(C)Oc2ccc(C(=O)NCCc3ccccc3)cc2[C@@H](NS(=O)(=O)c2ccc(C(F)(F)F)cc2)[C@@H]1O. The number of sulfonamides is 1. The third-order valence-electron chi connectivity index (χ3n) is 6.32. The summed E-state index contributed by atoms with van der Waals surface area (Å²) in [6.07, 6.45) is -5.38. The molecule has 2 atom stereocenters. The van der Waals surface area contributed by atoms with Gasteiger partial charge in [0.05, 0.1) is 16.5 Å². The molecule has 1 aliphatic rings. The van der Waals surface area contributed by atoms with Crippen LogP contribution in [0.4, 0.5) is 13.2 Å². The topological polar surface area (TPSA) is 105 Å². The molecule has 0 fully saturated rings. The van der Waals surface area contributed by atoms with Gasteiger partial charge in [0, 0.05) is 17.7 Å². The third kappa shape index (κ3) is 6.01. The maximum Gasteiger partial charge on any atom is 0.416 e. The van der Waals surface area contributed by atoms with E-state index in [9.17, 15) is 31.5 Å². The van der Waals surface area contributed by atoms with Crippen molar-refractivity contribution in [1.29, 1.82) is 0 Å². The summed E-state index contributed by atoms with van der Waals surface area (Å²) < 4.78 is 73.2. The van der Waals surface area contributed by atoms with Crippen LogP contribution in [0.5, 0.6) is 5.75 Å². The number of hydrogen-bond donors (Lipinski definition) is 3. The fourth-order valence-electron chi connectivity index (χ4n) is 4.19. The first kappa shape index (κ1) is 27.6. The van der Waals surface area contributed by atoms with Gasteiger partial charge < -0.3 is 15.2 Å². The quantitative estimate of drug-likeness (QED) is 0.410. The first-order valence-electron chi connectivity index (χ1n) is 11.8. The van der Waals surface area contributed by atoms with Crippen molar-refractivity contribution in [2.45, 2.75) is 49.1 Å². The largest absolute Gasteiger partial charge is 0.485 e. The van der Waals surface area contributed by atoms with Crippen LogP contribution in [0.2, 0.25) is 0 Å². The van der Waals surface area contributed by atoms with Gasteiger partial charge in [-0.25, -0.2) is 13.1 Å². The van der Waals surface area contributed by atoms with Crippen LogP contribution in [0.25, 0.3) is 0 Å². The lowest BCUT2D eigenvalue weighted by atomic mass is 9.86. The highest BCUT2D eigenvalue weighted by molar-refractivity contribution is 7.89. The zero-order valence-corrected chi connectivity index (χ0v) is 21.4. The number of ether oxygens (including phenoxy) is 1. The van der Waals surface area contributed by atoms with Gasteiger partial charge in [0.2, 0.25) is 10.0 Å². The van der Waals surface area contributed by atoms with Crippen molar-refractivity contribution in [1.82, 2.24) is 10.0 Å². The van der Waals surface area contributed by atoms with E-state index < -0.39 is 50.3 Å². The first-order chi connectivity index (χ1) is 17.8. The Kier molecular flexibility index (Phi) is 7.55. The predicted molar refractivity (Wildman–Crippen MR) is 134 cm³/mol. The molecule has 0 aliphatic carbocycles. The molecule has 0 saturated carbocycles. The van der Waals surface area contributed by atoms with Crippen LogP contribution in [-0.2, 0) is 22.6 Å². The number of aliphatic hydroxyl groups is 1. The van der Waals surface area contributed by atoms with Crippen LogP contribution in [-0.4, -0.2) is 37.7 Å². The second-order valence-corrected chi connectivity index (χ2v) is 11.2. The van der Waals surface area contributed by atoms with Crippen LogP contribution in [0, 0.1) is 0 Å². The molecule has 202 valence electrons. The van der Waals surface area contributed by atoms with Crippen LogP contribution < -0.4 is 14.8 Å². The minimum atomic E-state index is -4.62.